The van der Waals surface area contributed by atoms with Crippen LogP contribution in [0, 0.1) is 11.3 Å². The Morgan fingerprint density at radius 3 is 2.67 bits per heavy atom. The van der Waals surface area contributed by atoms with Crippen molar-refractivity contribution >= 4 is 0 Å². The minimum absolute atomic E-state index is 0.342. The van der Waals surface area contributed by atoms with Gasteiger partial charge in [0, 0.05) is 13.2 Å². The highest BCUT2D eigenvalue weighted by Gasteiger charge is 2.11. The molecule has 1 atom stereocenters. The van der Waals surface area contributed by atoms with Crippen LogP contribution in [0.5, 0.6) is 0 Å². The Morgan fingerprint density at radius 2 is 2.25 bits per heavy atom. The molecule has 1 unspecified atom stereocenters. The highest BCUT2D eigenvalue weighted by Crippen LogP contribution is 1.99. The highest BCUT2D eigenvalue weighted by molar-refractivity contribution is 4.79. The first kappa shape index (κ1) is 11.4. The standard InChI is InChI=1S/C9H18N2O/c1-4-6-11(7-5-10)9(2)8-12-3/h9H,4,6-8H2,1-3H3. The van der Waals surface area contributed by atoms with Crippen molar-refractivity contribution in [1.82, 2.24) is 4.90 Å². The minimum atomic E-state index is 0.342. The van der Waals surface area contributed by atoms with Gasteiger partial charge in [0.15, 0.2) is 0 Å². The van der Waals surface area contributed by atoms with Crippen molar-refractivity contribution in [3.8, 4) is 6.07 Å². The topological polar surface area (TPSA) is 36.3 Å². The van der Waals surface area contributed by atoms with Gasteiger partial charge in [-0.2, -0.15) is 5.26 Å². The summed E-state index contributed by atoms with van der Waals surface area (Å²) in [4.78, 5) is 2.13. The van der Waals surface area contributed by atoms with Crippen molar-refractivity contribution in [3.05, 3.63) is 0 Å². The lowest BCUT2D eigenvalue weighted by atomic mass is 10.3. The maximum Gasteiger partial charge on any atom is 0.0869 e. The highest BCUT2D eigenvalue weighted by atomic mass is 16.5. The van der Waals surface area contributed by atoms with Gasteiger partial charge < -0.3 is 4.74 Å². The predicted octanol–water partition coefficient (Wildman–Crippen LogP) is 1.26. The van der Waals surface area contributed by atoms with E-state index in [-0.39, 0.29) is 0 Å². The van der Waals surface area contributed by atoms with E-state index in [1.807, 2.05) is 0 Å². The molecule has 0 saturated carbocycles. The summed E-state index contributed by atoms with van der Waals surface area (Å²) in [6, 6.07) is 2.50. The summed E-state index contributed by atoms with van der Waals surface area (Å²) in [7, 11) is 1.69. The number of rotatable bonds is 6. The van der Waals surface area contributed by atoms with Crippen LogP contribution in [0.3, 0.4) is 0 Å². The zero-order valence-corrected chi connectivity index (χ0v) is 8.21. The fourth-order valence-electron chi connectivity index (χ4n) is 1.18. The molecule has 0 bridgehead atoms. The number of nitrogens with zero attached hydrogens (tertiary/aromatic N) is 2. The smallest absolute Gasteiger partial charge is 0.0869 e. The molecule has 70 valence electrons. The van der Waals surface area contributed by atoms with Crippen LogP contribution >= 0.6 is 0 Å². The van der Waals surface area contributed by atoms with E-state index in [4.69, 9.17) is 10.00 Å². The molecule has 0 aromatic heterocycles. The molecule has 0 spiro atoms. The molecule has 0 amide bonds. The van der Waals surface area contributed by atoms with Crippen LogP contribution in [0.15, 0.2) is 0 Å². The first-order valence-electron chi connectivity index (χ1n) is 4.36. The Kier molecular flexibility index (Phi) is 6.73. The quantitative estimate of drug-likeness (QED) is 0.563. The van der Waals surface area contributed by atoms with Crippen LogP contribution in [-0.4, -0.2) is 37.7 Å². The third-order valence-corrected chi connectivity index (χ3v) is 1.82. The Bertz CT molecular complexity index is 142. The van der Waals surface area contributed by atoms with Gasteiger partial charge in [-0.05, 0) is 19.9 Å². The van der Waals surface area contributed by atoms with Crippen molar-refractivity contribution in [1.29, 1.82) is 5.26 Å². The molecule has 0 fully saturated rings. The van der Waals surface area contributed by atoms with Gasteiger partial charge in [0.1, 0.15) is 0 Å². The number of hydrogen-bond donors (Lipinski definition) is 0. The van der Waals surface area contributed by atoms with Gasteiger partial charge in [-0.25, -0.2) is 0 Å². The molecular formula is C9H18N2O. The van der Waals surface area contributed by atoms with Crippen molar-refractivity contribution < 1.29 is 4.74 Å². The largest absolute Gasteiger partial charge is 0.383 e. The Hall–Kier alpha value is -0.590. The first-order valence-corrected chi connectivity index (χ1v) is 4.36. The molecule has 0 N–H and O–H groups in total. The maximum atomic E-state index is 8.55. The lowest BCUT2D eigenvalue weighted by Crippen LogP contribution is -2.37. The van der Waals surface area contributed by atoms with Gasteiger partial charge in [-0.15, -0.1) is 0 Å². The molecule has 0 aliphatic rings. The SMILES string of the molecule is CCCN(CC#N)C(C)COC. The Balaban J connectivity index is 3.82. The molecule has 0 rings (SSSR count). The second kappa shape index (κ2) is 7.08. The number of methoxy groups -OCH3 is 1. The molecule has 0 aromatic carbocycles. The third kappa shape index (κ3) is 4.32. The van der Waals surface area contributed by atoms with E-state index in [0.717, 1.165) is 13.0 Å². The molecule has 0 aromatic rings. The maximum absolute atomic E-state index is 8.55. The van der Waals surface area contributed by atoms with Crippen molar-refractivity contribution in [2.75, 3.05) is 26.8 Å². The van der Waals surface area contributed by atoms with Crippen LogP contribution in [0.25, 0.3) is 0 Å². The molecule has 3 heteroatoms. The van der Waals surface area contributed by atoms with E-state index < -0.39 is 0 Å². The summed E-state index contributed by atoms with van der Waals surface area (Å²) in [6.45, 7) is 6.36. The van der Waals surface area contributed by atoms with E-state index in [1.54, 1.807) is 7.11 Å². The lowest BCUT2D eigenvalue weighted by Gasteiger charge is -2.25. The monoisotopic (exact) mass is 170 g/mol. The Labute approximate surface area is 74.9 Å². The Morgan fingerprint density at radius 1 is 1.58 bits per heavy atom. The van der Waals surface area contributed by atoms with Crippen LogP contribution in [0.1, 0.15) is 20.3 Å². The van der Waals surface area contributed by atoms with Crippen LogP contribution in [0.2, 0.25) is 0 Å². The summed E-state index contributed by atoms with van der Waals surface area (Å²) in [6.07, 6.45) is 1.08. The van der Waals surface area contributed by atoms with Gasteiger partial charge in [-0.1, -0.05) is 6.92 Å². The van der Waals surface area contributed by atoms with Crippen LogP contribution < -0.4 is 0 Å². The van der Waals surface area contributed by atoms with Crippen LogP contribution in [0.4, 0.5) is 0 Å². The molecule has 12 heavy (non-hydrogen) atoms. The molecule has 3 nitrogen and oxygen atoms in total. The second-order valence-corrected chi connectivity index (χ2v) is 2.93. The molecule has 0 saturated heterocycles. The van der Waals surface area contributed by atoms with E-state index >= 15 is 0 Å². The minimum Gasteiger partial charge on any atom is -0.383 e. The number of nitriles is 1. The number of hydrogen-bond acceptors (Lipinski definition) is 3. The summed E-state index contributed by atoms with van der Waals surface area (Å²) in [5.74, 6) is 0. The van der Waals surface area contributed by atoms with Gasteiger partial charge >= 0.3 is 0 Å². The fraction of sp³-hybridized carbons (Fsp3) is 0.889. The van der Waals surface area contributed by atoms with Gasteiger partial charge in [0.2, 0.25) is 0 Å². The third-order valence-electron chi connectivity index (χ3n) is 1.82. The van der Waals surface area contributed by atoms with Gasteiger partial charge in [-0.3, -0.25) is 4.90 Å². The fourth-order valence-corrected chi connectivity index (χ4v) is 1.18. The van der Waals surface area contributed by atoms with E-state index in [0.29, 0.717) is 19.2 Å². The average Bonchev–Trinajstić information content (AvgIpc) is 2.04. The zero-order chi connectivity index (χ0) is 9.40. The molecule has 0 radical (unpaired) electrons. The summed E-state index contributed by atoms with van der Waals surface area (Å²) in [5, 5.41) is 8.55. The van der Waals surface area contributed by atoms with Gasteiger partial charge in [0.05, 0.1) is 19.2 Å². The predicted molar refractivity (Wildman–Crippen MR) is 48.8 cm³/mol. The molecule has 0 aliphatic carbocycles. The summed E-state index contributed by atoms with van der Waals surface area (Å²) >= 11 is 0. The normalized spacial score (nSPS) is 12.9. The molecule has 0 aliphatic heterocycles. The van der Waals surface area contributed by atoms with E-state index in [9.17, 15) is 0 Å². The van der Waals surface area contributed by atoms with Crippen LogP contribution in [-0.2, 0) is 4.74 Å². The summed E-state index contributed by atoms with van der Waals surface area (Å²) in [5.41, 5.74) is 0. The van der Waals surface area contributed by atoms with E-state index in [1.165, 1.54) is 0 Å². The molecule has 0 heterocycles. The lowest BCUT2D eigenvalue weighted by molar-refractivity contribution is 0.108. The van der Waals surface area contributed by atoms with Crippen molar-refractivity contribution in [2.24, 2.45) is 0 Å². The average molecular weight is 170 g/mol. The number of ether oxygens (including phenoxy) is 1. The first-order chi connectivity index (χ1) is 5.76. The van der Waals surface area contributed by atoms with Crippen molar-refractivity contribution in [3.63, 3.8) is 0 Å². The van der Waals surface area contributed by atoms with Gasteiger partial charge in [0.25, 0.3) is 0 Å². The van der Waals surface area contributed by atoms with E-state index in [2.05, 4.69) is 24.8 Å². The zero-order valence-electron chi connectivity index (χ0n) is 8.21. The second-order valence-electron chi connectivity index (χ2n) is 2.93. The van der Waals surface area contributed by atoms with Crippen molar-refractivity contribution in [2.45, 2.75) is 26.3 Å². The summed E-state index contributed by atoms with van der Waals surface area (Å²) < 4.78 is 5.03. The molecular weight excluding hydrogens is 152 g/mol.